The maximum atomic E-state index is 13.4. The number of carbonyl (C=O) groups excluding carboxylic acids is 2. The fourth-order valence-corrected chi connectivity index (χ4v) is 5.05. The molecule has 2 aliphatic rings. The molecule has 2 aromatic heterocycles. The molecule has 3 aromatic rings. The number of hydrogen-bond donors (Lipinski definition) is 1. The summed E-state index contributed by atoms with van der Waals surface area (Å²) in [6, 6.07) is 10.3. The molecule has 5 rings (SSSR count). The van der Waals surface area contributed by atoms with Gasteiger partial charge in [-0.25, -0.2) is 4.98 Å². The number of aliphatic hydroxyl groups excluding tert-OH is 1. The molecule has 0 bridgehead atoms. The van der Waals surface area contributed by atoms with Crippen molar-refractivity contribution in [2.24, 2.45) is 0 Å². The van der Waals surface area contributed by atoms with Gasteiger partial charge in [0.1, 0.15) is 17.1 Å². The Balaban J connectivity index is 1.62. The number of nitrogens with zero attached hydrogens (tertiary/aromatic N) is 4. The number of methoxy groups -OCH3 is 1. The minimum absolute atomic E-state index is 0.0681. The number of carbonyl (C=O) groups is 2. The van der Waals surface area contributed by atoms with Gasteiger partial charge >= 0.3 is 0 Å². The quantitative estimate of drug-likeness (QED) is 0.322. The average molecular weight is 491 g/mol. The first-order valence-corrected chi connectivity index (χ1v) is 12.1. The van der Waals surface area contributed by atoms with Crippen LogP contribution in [0.25, 0.3) is 11.4 Å². The van der Waals surface area contributed by atoms with Gasteiger partial charge in [0, 0.05) is 32.4 Å². The van der Waals surface area contributed by atoms with E-state index >= 15 is 0 Å². The number of Topliss-reactive ketones (excluding diaryl/α,β-unsaturated/α-hetero) is 1. The Labute approximate surface area is 209 Å². The summed E-state index contributed by atoms with van der Waals surface area (Å²) < 4.78 is 12.5. The lowest BCUT2D eigenvalue weighted by Crippen LogP contribution is -2.42. The van der Waals surface area contributed by atoms with Crippen molar-refractivity contribution >= 4 is 23.1 Å². The molecule has 1 atom stereocenters. The van der Waals surface area contributed by atoms with Crippen LogP contribution in [-0.2, 0) is 14.3 Å². The lowest BCUT2D eigenvalue weighted by molar-refractivity contribution is -0.140. The number of amides is 1. The standard InChI is InChI=1S/C27H30N4O5/c1-17-5-4-10-30-22(18(2)28-26(17)30)24(32)21-23(19-6-8-20(35-3)9-7-19)31(27(34)25(21)33)12-11-29-13-15-36-16-14-29/h4-10,23,32H,11-16H2,1-3H3/b24-21+/t23-/m0/s1. The van der Waals surface area contributed by atoms with Crippen LogP contribution < -0.4 is 4.74 Å². The number of aryl methyl sites for hydroxylation is 2. The number of ketones is 1. The van der Waals surface area contributed by atoms with Gasteiger partial charge in [-0.05, 0) is 43.2 Å². The largest absolute Gasteiger partial charge is 0.505 e. The Kier molecular flexibility index (Phi) is 6.51. The predicted octanol–water partition coefficient (Wildman–Crippen LogP) is 2.71. The summed E-state index contributed by atoms with van der Waals surface area (Å²) in [5.41, 5.74) is 3.42. The monoisotopic (exact) mass is 490 g/mol. The number of benzene rings is 1. The molecule has 9 heteroatoms. The van der Waals surface area contributed by atoms with E-state index in [-0.39, 0.29) is 11.3 Å². The summed E-state index contributed by atoms with van der Waals surface area (Å²) in [5, 5.41) is 11.6. The number of likely N-dealkylation sites (tertiary alicyclic amines) is 1. The molecule has 4 heterocycles. The van der Waals surface area contributed by atoms with Crippen LogP contribution in [0, 0.1) is 13.8 Å². The molecule has 2 saturated heterocycles. The molecule has 0 saturated carbocycles. The van der Waals surface area contributed by atoms with Crippen molar-refractivity contribution < 1.29 is 24.2 Å². The van der Waals surface area contributed by atoms with E-state index in [9.17, 15) is 14.7 Å². The van der Waals surface area contributed by atoms with Crippen molar-refractivity contribution in [2.75, 3.05) is 46.5 Å². The van der Waals surface area contributed by atoms with E-state index in [4.69, 9.17) is 9.47 Å². The molecule has 1 N–H and O–H groups in total. The number of pyridine rings is 1. The first-order chi connectivity index (χ1) is 17.4. The van der Waals surface area contributed by atoms with Gasteiger partial charge < -0.3 is 19.5 Å². The van der Waals surface area contributed by atoms with Gasteiger partial charge in [-0.2, -0.15) is 0 Å². The SMILES string of the molecule is COc1ccc([C@H]2/C(=C(\O)c3c(C)nc4c(C)cccn34)C(=O)C(=O)N2CCN2CCOCC2)cc1. The van der Waals surface area contributed by atoms with Crippen molar-refractivity contribution in [1.82, 2.24) is 19.2 Å². The number of aromatic nitrogens is 2. The molecule has 36 heavy (non-hydrogen) atoms. The maximum absolute atomic E-state index is 13.4. The summed E-state index contributed by atoms with van der Waals surface area (Å²) in [4.78, 5) is 35.1. The molecule has 2 aliphatic heterocycles. The van der Waals surface area contributed by atoms with Gasteiger partial charge in [-0.15, -0.1) is 0 Å². The number of rotatable bonds is 6. The lowest BCUT2D eigenvalue weighted by atomic mass is 9.96. The first-order valence-electron chi connectivity index (χ1n) is 12.1. The van der Waals surface area contributed by atoms with Crippen molar-refractivity contribution in [3.63, 3.8) is 0 Å². The molecule has 0 spiro atoms. The second-order valence-corrected chi connectivity index (χ2v) is 9.15. The molecule has 0 unspecified atom stereocenters. The highest BCUT2D eigenvalue weighted by Crippen LogP contribution is 2.40. The molecule has 1 aromatic carbocycles. The van der Waals surface area contributed by atoms with Gasteiger partial charge in [0.2, 0.25) is 0 Å². The van der Waals surface area contributed by atoms with Crippen LogP contribution in [0.1, 0.15) is 28.6 Å². The molecule has 1 amide bonds. The third kappa shape index (κ3) is 4.14. The van der Waals surface area contributed by atoms with Gasteiger partial charge in [-0.1, -0.05) is 18.2 Å². The molecular formula is C27H30N4O5. The molecule has 188 valence electrons. The van der Waals surface area contributed by atoms with Crippen LogP contribution in [0.5, 0.6) is 5.75 Å². The Morgan fingerprint density at radius 1 is 1.11 bits per heavy atom. The third-order valence-corrected chi connectivity index (χ3v) is 6.98. The number of imidazole rings is 1. The van der Waals surface area contributed by atoms with Gasteiger partial charge in [0.15, 0.2) is 5.76 Å². The Bertz CT molecular complexity index is 1340. The first kappa shape index (κ1) is 24.0. The zero-order valence-electron chi connectivity index (χ0n) is 20.7. The molecular weight excluding hydrogens is 460 g/mol. The summed E-state index contributed by atoms with van der Waals surface area (Å²) >= 11 is 0. The van der Waals surface area contributed by atoms with E-state index in [0.717, 1.165) is 24.2 Å². The maximum Gasteiger partial charge on any atom is 0.295 e. The summed E-state index contributed by atoms with van der Waals surface area (Å²) in [6.07, 6.45) is 1.80. The minimum Gasteiger partial charge on any atom is -0.505 e. The van der Waals surface area contributed by atoms with E-state index in [1.807, 2.05) is 31.2 Å². The number of aliphatic hydroxyl groups is 1. The normalized spacial score (nSPS) is 20.4. The van der Waals surface area contributed by atoms with Gasteiger partial charge in [0.25, 0.3) is 11.7 Å². The average Bonchev–Trinajstić information content (AvgIpc) is 3.37. The Morgan fingerprint density at radius 3 is 2.53 bits per heavy atom. The predicted molar refractivity (Wildman–Crippen MR) is 134 cm³/mol. The van der Waals surface area contributed by atoms with Crippen LogP contribution in [-0.4, -0.2) is 82.5 Å². The third-order valence-electron chi connectivity index (χ3n) is 6.98. The van der Waals surface area contributed by atoms with Crippen LogP contribution in [0.15, 0.2) is 48.2 Å². The summed E-state index contributed by atoms with van der Waals surface area (Å²) in [6.45, 7) is 7.53. The summed E-state index contributed by atoms with van der Waals surface area (Å²) in [7, 11) is 1.58. The van der Waals surface area contributed by atoms with Gasteiger partial charge in [-0.3, -0.25) is 18.9 Å². The Hall–Kier alpha value is -3.69. The number of morpholine rings is 1. The van der Waals surface area contributed by atoms with E-state index in [2.05, 4.69) is 9.88 Å². The highest BCUT2D eigenvalue weighted by Gasteiger charge is 2.46. The zero-order chi connectivity index (χ0) is 25.4. The second kappa shape index (κ2) is 9.75. The fraction of sp³-hybridized carbons (Fsp3) is 0.370. The van der Waals surface area contributed by atoms with Gasteiger partial charge in [0.05, 0.1) is 37.6 Å². The van der Waals surface area contributed by atoms with E-state index in [0.29, 0.717) is 49.1 Å². The zero-order valence-corrected chi connectivity index (χ0v) is 20.7. The van der Waals surface area contributed by atoms with E-state index < -0.39 is 17.7 Å². The Morgan fingerprint density at radius 2 is 1.83 bits per heavy atom. The molecule has 9 nitrogen and oxygen atoms in total. The van der Waals surface area contributed by atoms with Crippen molar-refractivity contribution in [3.05, 3.63) is 70.7 Å². The van der Waals surface area contributed by atoms with Crippen LogP contribution in [0.2, 0.25) is 0 Å². The second-order valence-electron chi connectivity index (χ2n) is 9.15. The molecule has 0 radical (unpaired) electrons. The van der Waals surface area contributed by atoms with Crippen LogP contribution in [0.3, 0.4) is 0 Å². The van der Waals surface area contributed by atoms with E-state index in [1.54, 1.807) is 41.7 Å². The minimum atomic E-state index is -0.730. The number of hydrogen-bond acceptors (Lipinski definition) is 7. The van der Waals surface area contributed by atoms with E-state index in [1.165, 1.54) is 0 Å². The topological polar surface area (TPSA) is 96.6 Å². The van der Waals surface area contributed by atoms with Crippen molar-refractivity contribution in [2.45, 2.75) is 19.9 Å². The number of ether oxygens (including phenoxy) is 2. The van der Waals surface area contributed by atoms with Crippen molar-refractivity contribution in [3.8, 4) is 5.75 Å². The highest BCUT2D eigenvalue weighted by atomic mass is 16.5. The number of fused-ring (bicyclic) bond motifs is 1. The van der Waals surface area contributed by atoms with Crippen molar-refractivity contribution in [1.29, 1.82) is 0 Å². The van der Waals surface area contributed by atoms with Crippen LogP contribution in [0.4, 0.5) is 0 Å². The molecule has 2 fully saturated rings. The van der Waals surface area contributed by atoms with Crippen LogP contribution >= 0.6 is 0 Å². The smallest absolute Gasteiger partial charge is 0.295 e. The highest BCUT2D eigenvalue weighted by molar-refractivity contribution is 6.46. The lowest BCUT2D eigenvalue weighted by Gasteiger charge is -2.31. The summed E-state index contributed by atoms with van der Waals surface area (Å²) in [5.74, 6) is -0.874. The fourth-order valence-electron chi connectivity index (χ4n) is 5.05. The molecule has 0 aliphatic carbocycles.